The summed E-state index contributed by atoms with van der Waals surface area (Å²) < 4.78 is 34.5. The number of anilines is 1. The van der Waals surface area contributed by atoms with Gasteiger partial charge in [0.25, 0.3) is 0 Å². The molecule has 4 atom stereocenters. The molecule has 1 saturated heterocycles. The first-order valence-corrected chi connectivity index (χ1v) is 6.22. The zero-order valence-corrected chi connectivity index (χ0v) is 11.0. The predicted octanol–water partition coefficient (Wildman–Crippen LogP) is -0.171. The van der Waals surface area contributed by atoms with Crippen LogP contribution in [0.2, 0.25) is 0 Å². The number of halogens is 2. The summed E-state index contributed by atoms with van der Waals surface area (Å²) in [5.74, 6) is -0.936. The number of nitrogens with two attached hydrogens (primary N) is 1. The van der Waals surface area contributed by atoms with Gasteiger partial charge in [-0.05, 0) is 0 Å². The number of ether oxygens (including phenoxy) is 1. The molecule has 3 rings (SSSR count). The van der Waals surface area contributed by atoms with Crippen LogP contribution in [0.3, 0.4) is 0 Å². The van der Waals surface area contributed by atoms with E-state index < -0.39 is 36.5 Å². The quantitative estimate of drug-likeness (QED) is 0.664. The van der Waals surface area contributed by atoms with Gasteiger partial charge in [-0.3, -0.25) is 9.58 Å². The van der Waals surface area contributed by atoms with Gasteiger partial charge in [-0.1, -0.05) is 0 Å². The maximum absolute atomic E-state index is 14.3. The van der Waals surface area contributed by atoms with Crippen LogP contribution in [0.1, 0.15) is 11.8 Å². The van der Waals surface area contributed by atoms with Gasteiger partial charge in [0.05, 0.1) is 5.69 Å². The molecular formula is C12H11F2N5O3. The smallest absolute Gasteiger partial charge is 0.385 e. The molecule has 3 heterocycles. The van der Waals surface area contributed by atoms with E-state index in [-0.39, 0.29) is 17.0 Å². The second kappa shape index (κ2) is 4.84. The molecule has 0 saturated carbocycles. The number of nitrogen functional groups attached to an aromatic ring is 1. The van der Waals surface area contributed by atoms with E-state index in [1.807, 2.05) is 0 Å². The normalized spacial score (nSPS) is 31.5. The molecule has 0 amide bonds. The number of rotatable bonds is 2. The molecule has 1 aliphatic rings. The van der Waals surface area contributed by atoms with Crippen molar-refractivity contribution in [2.45, 2.75) is 24.1 Å². The highest BCUT2D eigenvalue weighted by molar-refractivity contribution is 5.66. The fraction of sp³-hybridized carbons (Fsp3) is 0.417. The van der Waals surface area contributed by atoms with Crippen LogP contribution in [-0.2, 0) is 4.74 Å². The van der Waals surface area contributed by atoms with Crippen LogP contribution in [-0.4, -0.2) is 49.4 Å². The van der Waals surface area contributed by atoms with E-state index in [1.54, 1.807) is 0 Å². The fourth-order valence-corrected chi connectivity index (χ4v) is 2.50. The third-order valence-electron chi connectivity index (χ3n) is 3.66. The first-order valence-electron chi connectivity index (χ1n) is 6.22. The highest BCUT2D eigenvalue weighted by Gasteiger charge is 2.62. The van der Waals surface area contributed by atoms with Gasteiger partial charge in [0, 0.05) is 6.07 Å². The van der Waals surface area contributed by atoms with Crippen molar-refractivity contribution in [3.8, 4) is 0 Å². The Bertz CT molecular complexity index is 776. The van der Waals surface area contributed by atoms with Crippen molar-refractivity contribution >= 4 is 11.3 Å². The van der Waals surface area contributed by atoms with Crippen LogP contribution < -0.4 is 5.73 Å². The van der Waals surface area contributed by atoms with Crippen molar-refractivity contribution in [3.63, 3.8) is 0 Å². The predicted molar refractivity (Wildman–Crippen MR) is 68.5 cm³/mol. The van der Waals surface area contributed by atoms with Crippen LogP contribution in [0.25, 0.3) is 10.4 Å². The zero-order chi connectivity index (χ0) is 16.1. The number of hydrogen-bond donors (Lipinski definition) is 3. The molecule has 0 aromatic carbocycles. The number of aromatic nitrogens is 3. The molecule has 2 aromatic rings. The van der Waals surface area contributed by atoms with Crippen LogP contribution in [0.15, 0.2) is 12.4 Å². The average Bonchev–Trinajstić information content (AvgIpc) is 2.98. The summed E-state index contributed by atoms with van der Waals surface area (Å²) in [4.78, 5) is 6.61. The van der Waals surface area contributed by atoms with Gasteiger partial charge in [-0.25, -0.2) is 24.9 Å². The zero-order valence-electron chi connectivity index (χ0n) is 11.0. The van der Waals surface area contributed by atoms with Crippen molar-refractivity contribution in [3.05, 3.63) is 35.3 Å². The maximum atomic E-state index is 14.3. The van der Waals surface area contributed by atoms with Gasteiger partial charge < -0.3 is 15.9 Å². The first-order chi connectivity index (χ1) is 10.4. The molecule has 1 fully saturated rings. The topological polar surface area (TPSA) is 110 Å². The summed E-state index contributed by atoms with van der Waals surface area (Å²) in [6.45, 7) is 6.10. The highest BCUT2D eigenvalue weighted by Crippen LogP contribution is 2.43. The molecular weight excluding hydrogens is 300 g/mol. The molecule has 0 aliphatic carbocycles. The maximum Gasteiger partial charge on any atom is 0.389 e. The molecule has 22 heavy (non-hydrogen) atoms. The third kappa shape index (κ3) is 1.77. The summed E-state index contributed by atoms with van der Waals surface area (Å²) >= 11 is 0. The standard InChI is InChI=1S/C12H11F2N5O3/c1-16-12(3-20)10(21)7(14)9(22-12)6-2-5(13)8-11(15)17-4-18-19(6)8/h2,4,7,9-10,20-21H,3H2,(H2,15,17,18)/t7-,9-,10-,12+/m0/s1. The molecule has 2 aromatic heterocycles. The van der Waals surface area contributed by atoms with Crippen molar-refractivity contribution in [1.29, 1.82) is 0 Å². The summed E-state index contributed by atoms with van der Waals surface area (Å²) in [5.41, 5.74) is 3.18. The lowest BCUT2D eigenvalue weighted by Crippen LogP contribution is -2.42. The molecule has 0 bridgehead atoms. The minimum absolute atomic E-state index is 0.0767. The van der Waals surface area contributed by atoms with Crippen molar-refractivity contribution in [1.82, 2.24) is 14.6 Å². The molecule has 4 N–H and O–H groups in total. The van der Waals surface area contributed by atoms with E-state index in [1.165, 1.54) is 0 Å². The van der Waals surface area contributed by atoms with E-state index in [2.05, 4.69) is 14.9 Å². The SMILES string of the molecule is [C-]#[N+][C@]1(CO)O[C@@H](c2cc(F)c3c(N)ncnn23)[C@H](F)[C@@H]1O. The van der Waals surface area contributed by atoms with Crippen LogP contribution in [0.4, 0.5) is 14.6 Å². The van der Waals surface area contributed by atoms with E-state index >= 15 is 0 Å². The summed E-state index contributed by atoms with van der Waals surface area (Å²) in [6, 6.07) is 0.946. The monoisotopic (exact) mass is 311 g/mol. The molecule has 0 radical (unpaired) electrons. The Morgan fingerprint density at radius 1 is 1.59 bits per heavy atom. The molecule has 1 aliphatic heterocycles. The Balaban J connectivity index is 2.14. The summed E-state index contributed by atoms with van der Waals surface area (Å²) in [7, 11) is 0. The van der Waals surface area contributed by atoms with Gasteiger partial charge in [-0.15, -0.1) is 0 Å². The van der Waals surface area contributed by atoms with Gasteiger partial charge >= 0.3 is 5.72 Å². The van der Waals surface area contributed by atoms with Gasteiger partial charge in [-0.2, -0.15) is 5.10 Å². The molecule has 0 spiro atoms. The first kappa shape index (κ1) is 14.6. The lowest BCUT2D eigenvalue weighted by atomic mass is 10.0. The van der Waals surface area contributed by atoms with E-state index in [0.717, 1.165) is 16.9 Å². The Morgan fingerprint density at radius 3 is 2.91 bits per heavy atom. The highest BCUT2D eigenvalue weighted by atomic mass is 19.1. The average molecular weight is 311 g/mol. The van der Waals surface area contributed by atoms with Crippen LogP contribution in [0, 0.1) is 12.4 Å². The Kier molecular flexibility index (Phi) is 3.21. The summed E-state index contributed by atoms with van der Waals surface area (Å²) in [5, 5.41) is 22.9. The van der Waals surface area contributed by atoms with Crippen molar-refractivity contribution in [2.75, 3.05) is 12.3 Å². The van der Waals surface area contributed by atoms with Crippen molar-refractivity contribution < 1.29 is 23.7 Å². The van der Waals surface area contributed by atoms with Gasteiger partial charge in [0.15, 0.2) is 30.5 Å². The number of alkyl halides is 1. The number of aliphatic hydroxyl groups excluding tert-OH is 2. The fourth-order valence-electron chi connectivity index (χ4n) is 2.50. The van der Waals surface area contributed by atoms with Gasteiger partial charge in [0.2, 0.25) is 0 Å². The molecule has 10 heteroatoms. The van der Waals surface area contributed by atoms with Crippen molar-refractivity contribution in [2.24, 2.45) is 0 Å². The largest absolute Gasteiger partial charge is 0.389 e. The minimum Gasteiger partial charge on any atom is -0.385 e. The Labute approximate surface area is 122 Å². The minimum atomic E-state index is -2.14. The Morgan fingerprint density at radius 2 is 2.32 bits per heavy atom. The second-order valence-corrected chi connectivity index (χ2v) is 4.87. The third-order valence-corrected chi connectivity index (χ3v) is 3.66. The second-order valence-electron chi connectivity index (χ2n) is 4.87. The number of aliphatic hydroxyl groups is 2. The lowest BCUT2D eigenvalue weighted by molar-refractivity contribution is -0.0819. The Hall–Kier alpha value is -2.35. The van der Waals surface area contributed by atoms with E-state index in [9.17, 15) is 19.0 Å². The molecule has 8 nitrogen and oxygen atoms in total. The van der Waals surface area contributed by atoms with E-state index in [4.69, 9.17) is 17.0 Å². The van der Waals surface area contributed by atoms with Crippen LogP contribution >= 0.6 is 0 Å². The molecule has 0 unspecified atom stereocenters. The molecule has 116 valence electrons. The van der Waals surface area contributed by atoms with Crippen LogP contribution in [0.5, 0.6) is 0 Å². The lowest BCUT2D eigenvalue weighted by Gasteiger charge is -2.15. The summed E-state index contributed by atoms with van der Waals surface area (Å²) in [6.07, 6.45) is -4.36. The number of hydrogen-bond acceptors (Lipinski definition) is 6. The van der Waals surface area contributed by atoms with Gasteiger partial charge in [0.1, 0.15) is 17.9 Å². The number of fused-ring (bicyclic) bond motifs is 1. The number of nitrogens with zero attached hydrogens (tertiary/aromatic N) is 4. The van der Waals surface area contributed by atoms with E-state index in [0.29, 0.717) is 0 Å².